The van der Waals surface area contributed by atoms with Gasteiger partial charge in [0.1, 0.15) is 130 Å². The minimum absolute atomic E-state index is 0.00769. The summed E-state index contributed by atoms with van der Waals surface area (Å²) in [5.41, 5.74) is -6.40. The maximum Gasteiger partial charge on any atom is 0.357 e. The van der Waals surface area contributed by atoms with E-state index in [0.29, 0.717) is 0 Å². The van der Waals surface area contributed by atoms with Crippen molar-refractivity contribution in [1.29, 1.82) is 0 Å². The van der Waals surface area contributed by atoms with E-state index in [4.69, 9.17) is 47.3 Å². The van der Waals surface area contributed by atoms with Crippen LogP contribution < -0.4 is 5.32 Å². The van der Waals surface area contributed by atoms with Gasteiger partial charge in [-0.3, -0.25) is 20.3 Å². The largest absolute Gasteiger partial charge is 0.495 e. The van der Waals surface area contributed by atoms with Crippen molar-refractivity contribution in [3.63, 3.8) is 0 Å². The van der Waals surface area contributed by atoms with Crippen LogP contribution in [0.5, 0.6) is 0 Å². The number of carbonyl (C=O) groups excluding carboxylic acids is 1. The number of aliphatic carboxylic acids is 1. The second-order valence-electron chi connectivity index (χ2n) is 27.0. The number of aliphatic hydroxyl groups excluding tert-OH is 13. The van der Waals surface area contributed by atoms with Crippen molar-refractivity contribution in [1.82, 2.24) is 30.2 Å². The molecule has 0 spiro atoms. The van der Waals surface area contributed by atoms with Crippen molar-refractivity contribution in [3.05, 3.63) is 148 Å². The van der Waals surface area contributed by atoms with Gasteiger partial charge >= 0.3 is 11.9 Å². The molecule has 1 aliphatic carbocycles. The maximum absolute atomic E-state index is 15.1. The van der Waals surface area contributed by atoms with Crippen LogP contribution in [0.1, 0.15) is 183 Å². The lowest BCUT2D eigenvalue weighted by molar-refractivity contribution is -0.132. The molecule has 36 nitrogen and oxygen atoms in total. The van der Waals surface area contributed by atoms with Crippen LogP contribution in [0.2, 0.25) is 0 Å². The van der Waals surface area contributed by atoms with Gasteiger partial charge in [-0.25, -0.2) is 79.4 Å². The molecular formula is C71H82N18O18S6. The molecule has 0 amide bonds. The number of allylic oxidation sites excluding steroid dienone is 1. The predicted octanol–water partition coefficient (Wildman–Crippen LogP) is 8.96. The number of thioether (sulfide) groups is 1. The summed E-state index contributed by atoms with van der Waals surface area (Å²) >= 11 is 9.70. The topological polar surface area (TPSA) is 572 Å². The summed E-state index contributed by atoms with van der Waals surface area (Å²) in [5, 5.41) is 181. The Morgan fingerprint density at radius 2 is 1.47 bits per heavy atom. The number of fused-ring (bicyclic) bond motifs is 7. The summed E-state index contributed by atoms with van der Waals surface area (Å²) in [6.07, 6.45) is -3.11. The van der Waals surface area contributed by atoms with Crippen LogP contribution in [-0.2, 0) is 15.1 Å². The molecule has 5 aromatic rings. The summed E-state index contributed by atoms with van der Waals surface area (Å²) < 4.78 is 6.34. The Hall–Kier alpha value is -9.99. The first kappa shape index (κ1) is 85.4. The number of carboxylic acid groups (broad SMARTS) is 1. The smallest absolute Gasteiger partial charge is 0.357 e. The lowest BCUT2D eigenvalue weighted by atomic mass is 9.81. The van der Waals surface area contributed by atoms with Gasteiger partial charge in [0.05, 0.1) is 53.2 Å². The van der Waals surface area contributed by atoms with Gasteiger partial charge in [0, 0.05) is 32.8 Å². The highest BCUT2D eigenvalue weighted by atomic mass is 32.2. The Morgan fingerprint density at radius 1 is 0.770 bits per heavy atom. The molecule has 10 rings (SSSR count). The summed E-state index contributed by atoms with van der Waals surface area (Å²) in [6, 6.07) is -11.0. The third-order valence-electron chi connectivity index (χ3n) is 18.3. The van der Waals surface area contributed by atoms with Gasteiger partial charge in [-0.1, -0.05) is 51.8 Å². The third-order valence-corrected chi connectivity index (χ3v) is 23.5. The Morgan fingerprint density at radius 3 is 2.14 bits per heavy atom. The Balaban J connectivity index is 1.25. The number of hydrogen-bond donors (Lipinski definition) is 17. The fourth-order valence-corrected chi connectivity index (χ4v) is 16.9. The van der Waals surface area contributed by atoms with E-state index in [9.17, 15) is 81.4 Å². The molecule has 0 saturated carbocycles. The quantitative estimate of drug-likeness (QED) is 0.0193. The van der Waals surface area contributed by atoms with E-state index in [-0.39, 0.29) is 99.7 Å². The molecule has 5 aliphatic rings. The number of thiazole rings is 4. The van der Waals surface area contributed by atoms with Gasteiger partial charge < -0.3 is 81.3 Å². The number of thiol groups is 1. The van der Waals surface area contributed by atoms with Crippen molar-refractivity contribution >= 4 is 157 Å². The minimum Gasteiger partial charge on any atom is -0.495 e. The number of ether oxygens (including phenoxy) is 1. The van der Waals surface area contributed by atoms with Crippen molar-refractivity contribution in [2.45, 2.75) is 178 Å². The summed E-state index contributed by atoms with van der Waals surface area (Å²) in [5.74, 6) is -10.2. The SMILES string of the molecule is C=C(N=C(O)C(=C)N=C(O)c1csc(C2=NC3c4csc(n4)C4N=C(S)c5csc(n5)C(C(C)(O)C(C)O)N=C(O)C5CSC(=N5)C(=CC)N=C(O)C(C(C)O)N=C(O)c5csc(n5)C3(CC2)N=C(O)C(C)N=C(O)C(=C)N=C(O)C(C)N=C(O)C(C(C)C)NC2C=Cc3c(C(C)O)cc(nc3C2O)C(=O)OC4C)n1)C(=O)O. The average Bonchev–Trinajstić information content (AvgIpc) is 1.66. The number of carboxylic acids is 1. The van der Waals surface area contributed by atoms with Gasteiger partial charge in [0.15, 0.2) is 11.9 Å². The fraction of sp³-hybridized carbons (Fsp3) is 0.423. The lowest BCUT2D eigenvalue weighted by Crippen LogP contribution is -2.49. The van der Waals surface area contributed by atoms with Crippen molar-refractivity contribution in [2.24, 2.45) is 65.8 Å². The van der Waals surface area contributed by atoms with Gasteiger partial charge in [-0.05, 0) is 85.8 Å². The van der Waals surface area contributed by atoms with Crippen LogP contribution in [0, 0.1) is 5.92 Å². The van der Waals surface area contributed by atoms with E-state index in [2.05, 4.69) is 80.0 Å². The summed E-state index contributed by atoms with van der Waals surface area (Å²) in [7, 11) is 0. The number of esters is 1. The van der Waals surface area contributed by atoms with Crippen LogP contribution >= 0.6 is 69.7 Å². The molecule has 600 valence electrons. The van der Waals surface area contributed by atoms with Crippen LogP contribution in [0.25, 0.3) is 6.08 Å². The van der Waals surface area contributed by atoms with E-state index in [1.54, 1.807) is 32.9 Å². The fourth-order valence-electron chi connectivity index (χ4n) is 11.7. The number of aliphatic imine (C=N–C) groups is 12. The molecule has 42 heteroatoms. The number of aliphatic hydroxyl groups is 14. The standard InChI is InChI=1S/C71H82N18O18S6/c1-14-37-63-82-43(22-109-63)59(100)88-52(70(13,106)34(12)92)66-84-45(24-112-66)62(108)87-48-33(11)107-68(105)40-19-36(31(9)90)35-15-16-38(50(93)49(35)78-40)77-46(25(2)3)60(101)75-28(6)54(95)72-26(4)53(94)73-29(7)56(97)89-71(69-85-44(23-113-69)58(99)86-47(32(10)91)61(102)80-37)18-17-39(79-51(71)41-20-111-65(48)81-41)64-83-42(21-110-64)57(98)74-27(5)55(96)76-30(8)67(103)104/h14-16,19-21,23-25,28-29,31-34,38,43,46-48,50-52,77,90-93,106H,4-5,8,17-18,22H2,1-3,6-7,9-13H3,(H,72,95)(H,73,94)(H,74,98)(H,75,101)(H,76,96)(H,80,102)(H,86,99)(H,87,108)(H,88,100)(H,89,97)(H,103,104). The number of rotatable bonds is 11. The second kappa shape index (κ2) is 35.2. The average molecular weight is 1670 g/mol. The molecule has 113 heavy (non-hydrogen) atoms. The lowest BCUT2D eigenvalue weighted by Gasteiger charge is -2.37. The summed E-state index contributed by atoms with van der Waals surface area (Å²) in [6.45, 7) is 25.1. The molecule has 16 atom stereocenters. The third kappa shape index (κ3) is 18.8. The first-order valence-electron chi connectivity index (χ1n) is 34.7. The first-order chi connectivity index (χ1) is 53.2. The molecular weight excluding hydrogens is 1590 g/mol. The molecule has 9 heterocycles. The highest BCUT2D eigenvalue weighted by molar-refractivity contribution is 8.14. The highest BCUT2D eigenvalue weighted by Gasteiger charge is 2.50. The second-order valence-corrected chi connectivity index (χ2v) is 32.0. The number of carbonyl (C=O) groups is 2. The van der Waals surface area contributed by atoms with Gasteiger partial charge in [-0.15, -0.1) is 69.7 Å². The zero-order valence-corrected chi connectivity index (χ0v) is 67.0. The first-order valence-corrected chi connectivity index (χ1v) is 39.6. The van der Waals surface area contributed by atoms with Crippen molar-refractivity contribution < 1.29 is 90.9 Å². The van der Waals surface area contributed by atoms with Crippen LogP contribution in [0.15, 0.2) is 142 Å². The number of aromatic nitrogens is 5. The van der Waals surface area contributed by atoms with Crippen LogP contribution in [-0.4, -0.2) is 248 Å². The predicted molar refractivity (Wildman–Crippen MR) is 437 cm³/mol. The molecule has 16 N–H and O–H groups in total. The number of hydrogen-bond acceptors (Lipinski definition) is 31. The van der Waals surface area contributed by atoms with Gasteiger partial charge in [0.2, 0.25) is 47.2 Å². The molecule has 0 saturated heterocycles. The zero-order valence-electron chi connectivity index (χ0n) is 62.0. The summed E-state index contributed by atoms with van der Waals surface area (Å²) in [4.78, 5) is 104. The van der Waals surface area contributed by atoms with E-state index in [1.807, 2.05) is 0 Å². The van der Waals surface area contributed by atoms with Crippen LogP contribution in [0.4, 0.5) is 0 Å². The molecule has 0 radical (unpaired) electrons. The molecule has 0 fully saturated rings. The molecule has 4 aliphatic heterocycles. The monoisotopic (exact) mass is 1670 g/mol. The van der Waals surface area contributed by atoms with Gasteiger partial charge in [-0.2, -0.15) is 0 Å². The van der Waals surface area contributed by atoms with Crippen molar-refractivity contribution in [3.8, 4) is 0 Å². The maximum atomic E-state index is 15.1. The van der Waals surface area contributed by atoms with E-state index < -0.39 is 190 Å². The van der Waals surface area contributed by atoms with E-state index >= 15 is 4.79 Å². The molecule has 5 aromatic heterocycles. The van der Waals surface area contributed by atoms with Gasteiger partial charge in [0.25, 0.3) is 0 Å². The Labute approximate surface area is 670 Å². The van der Waals surface area contributed by atoms with Crippen molar-refractivity contribution in [2.75, 3.05) is 5.75 Å². The highest BCUT2D eigenvalue weighted by Crippen LogP contribution is 2.51. The number of pyridine rings is 1. The molecule has 13 bridgehead atoms. The Kier molecular flexibility index (Phi) is 26.6. The van der Waals surface area contributed by atoms with E-state index in [0.717, 1.165) is 57.1 Å². The molecule has 16 unspecified atom stereocenters. The zero-order chi connectivity index (χ0) is 82.7. The number of nitrogens with zero attached hydrogens (tertiary/aromatic N) is 17. The minimum atomic E-state index is -2.15. The molecule has 0 aromatic carbocycles. The normalized spacial score (nSPS) is 27.2. The Bertz CT molecular complexity index is 5040. The van der Waals surface area contributed by atoms with E-state index in [1.165, 1.54) is 82.1 Å². The number of nitrogens with one attached hydrogen (secondary N) is 1. The van der Waals surface area contributed by atoms with Crippen LogP contribution in [0.3, 0.4) is 0 Å². The number of cyclic esters (lactones) is 1.